The number of aromatic nitrogens is 1. The number of hydrogen-bond acceptors (Lipinski definition) is 3. The smallest absolute Gasteiger partial charge is 0.0975 e. The van der Waals surface area contributed by atoms with Crippen molar-refractivity contribution in [1.29, 1.82) is 0 Å². The van der Waals surface area contributed by atoms with Gasteiger partial charge < -0.3 is 5.32 Å². The summed E-state index contributed by atoms with van der Waals surface area (Å²) in [5.74, 6) is 0.733. The zero-order valence-electron chi connectivity index (χ0n) is 11.7. The van der Waals surface area contributed by atoms with Gasteiger partial charge in [-0.05, 0) is 37.1 Å². The minimum Gasteiger partial charge on any atom is -0.312 e. The highest BCUT2D eigenvalue weighted by atomic mass is 79.9. The molecule has 2 aromatic rings. The molecule has 20 heavy (non-hydrogen) atoms. The van der Waals surface area contributed by atoms with Gasteiger partial charge in [0.25, 0.3) is 0 Å². The second-order valence-corrected chi connectivity index (χ2v) is 7.36. The summed E-state index contributed by atoms with van der Waals surface area (Å²) < 4.78 is 1.14. The van der Waals surface area contributed by atoms with Crippen LogP contribution < -0.4 is 5.32 Å². The van der Waals surface area contributed by atoms with E-state index in [4.69, 9.17) is 4.98 Å². The van der Waals surface area contributed by atoms with Crippen LogP contribution in [0.5, 0.6) is 0 Å². The molecule has 0 saturated heterocycles. The zero-order valence-corrected chi connectivity index (χ0v) is 14.1. The molecule has 3 rings (SSSR count). The fraction of sp³-hybridized carbons (Fsp3) is 0.438. The second-order valence-electron chi connectivity index (χ2n) is 5.28. The third-order valence-corrected chi connectivity index (χ3v) is 5.08. The molecule has 1 aliphatic rings. The third kappa shape index (κ3) is 3.48. The van der Waals surface area contributed by atoms with E-state index in [9.17, 15) is 0 Å². The number of rotatable bonds is 6. The first-order valence-electron chi connectivity index (χ1n) is 7.20. The van der Waals surface area contributed by atoms with Gasteiger partial charge in [0.2, 0.25) is 0 Å². The second kappa shape index (κ2) is 6.37. The van der Waals surface area contributed by atoms with Crippen LogP contribution in [0.3, 0.4) is 0 Å². The molecule has 1 aromatic carbocycles. The number of hydrogen-bond donors (Lipinski definition) is 1. The Labute approximate surface area is 132 Å². The minimum atomic E-state index is 0.733. The topological polar surface area (TPSA) is 24.9 Å². The van der Waals surface area contributed by atoms with Crippen molar-refractivity contribution < 1.29 is 0 Å². The van der Waals surface area contributed by atoms with Gasteiger partial charge in [0.1, 0.15) is 0 Å². The minimum absolute atomic E-state index is 0.733. The molecule has 0 bridgehead atoms. The van der Waals surface area contributed by atoms with Crippen LogP contribution in [0.25, 0.3) is 0 Å². The van der Waals surface area contributed by atoms with Crippen molar-refractivity contribution in [2.24, 2.45) is 0 Å². The lowest BCUT2D eigenvalue weighted by Gasteiger charge is -2.00. The number of nitrogens with zero attached hydrogens (tertiary/aromatic N) is 1. The SMILES string of the molecule is CCNCc1sc(Cc2cccc(Br)c2)nc1C1CC1. The summed E-state index contributed by atoms with van der Waals surface area (Å²) in [5.41, 5.74) is 2.69. The lowest BCUT2D eigenvalue weighted by Crippen LogP contribution is -2.11. The van der Waals surface area contributed by atoms with E-state index in [2.05, 4.69) is 52.4 Å². The fourth-order valence-electron chi connectivity index (χ4n) is 2.35. The van der Waals surface area contributed by atoms with Gasteiger partial charge in [0, 0.05) is 28.2 Å². The van der Waals surface area contributed by atoms with Gasteiger partial charge in [-0.1, -0.05) is 35.0 Å². The third-order valence-electron chi connectivity index (χ3n) is 3.52. The molecule has 4 heteroatoms. The Hall–Kier alpha value is -0.710. The number of halogens is 1. The molecule has 2 nitrogen and oxygen atoms in total. The molecule has 1 heterocycles. The summed E-state index contributed by atoms with van der Waals surface area (Å²) in [4.78, 5) is 6.36. The van der Waals surface area contributed by atoms with E-state index in [0.29, 0.717) is 0 Å². The van der Waals surface area contributed by atoms with E-state index in [1.54, 1.807) is 0 Å². The molecule has 1 N–H and O–H groups in total. The van der Waals surface area contributed by atoms with Gasteiger partial charge in [0.15, 0.2) is 0 Å². The Bertz CT molecular complexity index is 590. The van der Waals surface area contributed by atoms with Crippen LogP contribution >= 0.6 is 27.3 Å². The van der Waals surface area contributed by atoms with Crippen molar-refractivity contribution in [3.05, 3.63) is 49.9 Å². The largest absolute Gasteiger partial charge is 0.312 e. The van der Waals surface area contributed by atoms with Crippen LogP contribution in [0.4, 0.5) is 0 Å². The average Bonchev–Trinajstić information content (AvgIpc) is 3.19. The van der Waals surface area contributed by atoms with E-state index in [0.717, 1.165) is 29.9 Å². The summed E-state index contributed by atoms with van der Waals surface area (Å²) in [6.45, 7) is 4.14. The van der Waals surface area contributed by atoms with E-state index in [1.165, 1.54) is 34.0 Å². The molecule has 1 aliphatic carbocycles. The van der Waals surface area contributed by atoms with Crippen LogP contribution in [0.1, 0.15) is 46.8 Å². The van der Waals surface area contributed by atoms with Gasteiger partial charge in [-0.25, -0.2) is 4.98 Å². The van der Waals surface area contributed by atoms with Crippen molar-refractivity contribution in [1.82, 2.24) is 10.3 Å². The van der Waals surface area contributed by atoms with Crippen molar-refractivity contribution in [2.45, 2.75) is 38.6 Å². The molecule has 0 amide bonds. The fourth-order valence-corrected chi connectivity index (χ4v) is 3.96. The highest BCUT2D eigenvalue weighted by molar-refractivity contribution is 9.10. The molecule has 1 saturated carbocycles. The summed E-state index contributed by atoms with van der Waals surface area (Å²) in [6, 6.07) is 8.51. The molecule has 0 spiro atoms. The molecule has 1 aromatic heterocycles. The van der Waals surface area contributed by atoms with Gasteiger partial charge in [0.05, 0.1) is 10.7 Å². The molecular formula is C16H19BrN2S. The van der Waals surface area contributed by atoms with Crippen molar-refractivity contribution in [3.63, 3.8) is 0 Å². The van der Waals surface area contributed by atoms with E-state index in [1.807, 2.05) is 11.3 Å². The Morgan fingerprint density at radius 1 is 1.40 bits per heavy atom. The first-order chi connectivity index (χ1) is 9.76. The summed E-state index contributed by atoms with van der Waals surface area (Å²) in [5, 5.41) is 4.68. The highest BCUT2D eigenvalue weighted by Gasteiger charge is 2.29. The maximum absolute atomic E-state index is 4.91. The Kier molecular flexibility index (Phi) is 4.54. The van der Waals surface area contributed by atoms with Crippen molar-refractivity contribution >= 4 is 27.3 Å². The quantitative estimate of drug-likeness (QED) is 0.830. The lowest BCUT2D eigenvalue weighted by atomic mass is 10.2. The van der Waals surface area contributed by atoms with Gasteiger partial charge >= 0.3 is 0 Å². The maximum Gasteiger partial charge on any atom is 0.0975 e. The predicted molar refractivity (Wildman–Crippen MR) is 88.4 cm³/mol. The molecule has 106 valence electrons. The molecule has 0 atom stereocenters. The molecule has 0 aliphatic heterocycles. The normalized spacial score (nSPS) is 14.7. The van der Waals surface area contributed by atoms with Crippen molar-refractivity contribution in [2.75, 3.05) is 6.54 Å². The monoisotopic (exact) mass is 350 g/mol. The molecule has 0 unspecified atom stereocenters. The number of thiazole rings is 1. The van der Waals surface area contributed by atoms with Crippen LogP contribution in [-0.4, -0.2) is 11.5 Å². The van der Waals surface area contributed by atoms with Crippen LogP contribution in [0, 0.1) is 0 Å². The Morgan fingerprint density at radius 3 is 2.95 bits per heavy atom. The molecular weight excluding hydrogens is 332 g/mol. The summed E-state index contributed by atoms with van der Waals surface area (Å²) in [7, 11) is 0. The summed E-state index contributed by atoms with van der Waals surface area (Å²) in [6.07, 6.45) is 3.58. The zero-order chi connectivity index (χ0) is 13.9. The van der Waals surface area contributed by atoms with Crippen molar-refractivity contribution in [3.8, 4) is 0 Å². The summed E-state index contributed by atoms with van der Waals surface area (Å²) >= 11 is 5.42. The van der Waals surface area contributed by atoms with Crippen LogP contribution in [0.15, 0.2) is 28.7 Å². The average molecular weight is 351 g/mol. The Morgan fingerprint density at radius 2 is 2.25 bits per heavy atom. The van der Waals surface area contributed by atoms with Crippen LogP contribution in [-0.2, 0) is 13.0 Å². The lowest BCUT2D eigenvalue weighted by molar-refractivity contribution is 0.726. The van der Waals surface area contributed by atoms with Gasteiger partial charge in [-0.15, -0.1) is 11.3 Å². The van der Waals surface area contributed by atoms with E-state index < -0.39 is 0 Å². The number of nitrogens with one attached hydrogen (secondary N) is 1. The Balaban J connectivity index is 1.79. The standard InChI is InChI=1S/C16H19BrN2S/c1-2-18-10-14-16(12-6-7-12)19-15(20-14)9-11-4-3-5-13(17)8-11/h3-5,8,12,18H,2,6-7,9-10H2,1H3. The molecule has 0 radical (unpaired) electrons. The van der Waals surface area contributed by atoms with E-state index in [-0.39, 0.29) is 0 Å². The van der Waals surface area contributed by atoms with Gasteiger partial charge in [-0.2, -0.15) is 0 Å². The first kappa shape index (κ1) is 14.2. The highest BCUT2D eigenvalue weighted by Crippen LogP contribution is 2.42. The van der Waals surface area contributed by atoms with Crippen LogP contribution in [0.2, 0.25) is 0 Å². The maximum atomic E-state index is 4.91. The number of benzene rings is 1. The molecule has 1 fully saturated rings. The van der Waals surface area contributed by atoms with Gasteiger partial charge in [-0.3, -0.25) is 0 Å². The first-order valence-corrected chi connectivity index (χ1v) is 8.81. The van der Waals surface area contributed by atoms with E-state index >= 15 is 0 Å². The predicted octanol–water partition coefficient (Wildman–Crippen LogP) is 4.48.